The molecule has 0 fully saturated rings. The molecule has 0 saturated carbocycles. The van der Waals surface area contributed by atoms with Crippen molar-refractivity contribution in [2.24, 2.45) is 0 Å². The SMILES string of the molecule is CCCCn1[c]c(Br)c(CC)n1. The molecule has 1 aromatic rings. The lowest BCUT2D eigenvalue weighted by atomic mass is 10.3. The van der Waals surface area contributed by atoms with Gasteiger partial charge in [-0.2, -0.15) is 5.10 Å². The fourth-order valence-corrected chi connectivity index (χ4v) is 1.60. The van der Waals surface area contributed by atoms with E-state index in [9.17, 15) is 0 Å². The van der Waals surface area contributed by atoms with Crippen LogP contribution in [-0.4, -0.2) is 9.78 Å². The molecule has 1 aromatic heterocycles. The van der Waals surface area contributed by atoms with Crippen LogP contribution in [0.5, 0.6) is 0 Å². The van der Waals surface area contributed by atoms with Crippen LogP contribution in [0.2, 0.25) is 0 Å². The van der Waals surface area contributed by atoms with E-state index in [-0.39, 0.29) is 0 Å². The number of rotatable bonds is 4. The summed E-state index contributed by atoms with van der Waals surface area (Å²) in [7, 11) is 0. The third-order valence-electron chi connectivity index (χ3n) is 1.78. The standard InChI is InChI=1S/C9H14BrN2/c1-3-5-6-12-7-8(10)9(4-2)11-12/h3-6H2,1-2H3. The topological polar surface area (TPSA) is 17.8 Å². The van der Waals surface area contributed by atoms with E-state index in [0.717, 1.165) is 23.1 Å². The number of nitrogens with zero attached hydrogens (tertiary/aromatic N) is 2. The summed E-state index contributed by atoms with van der Waals surface area (Å²) in [5, 5.41) is 4.38. The zero-order valence-corrected chi connectivity index (χ0v) is 9.19. The molecule has 2 nitrogen and oxygen atoms in total. The van der Waals surface area contributed by atoms with Crippen molar-refractivity contribution >= 4 is 15.9 Å². The molecule has 67 valence electrons. The first-order valence-electron chi connectivity index (χ1n) is 4.42. The second-order valence-electron chi connectivity index (χ2n) is 2.80. The first kappa shape index (κ1) is 9.78. The molecular formula is C9H14BrN2. The van der Waals surface area contributed by atoms with Gasteiger partial charge in [0, 0.05) is 6.54 Å². The number of hydrogen-bond donors (Lipinski definition) is 0. The molecule has 0 saturated heterocycles. The zero-order valence-electron chi connectivity index (χ0n) is 7.60. The first-order valence-corrected chi connectivity index (χ1v) is 5.21. The molecular weight excluding hydrogens is 216 g/mol. The van der Waals surface area contributed by atoms with Crippen molar-refractivity contribution in [2.45, 2.75) is 39.7 Å². The molecule has 3 heteroatoms. The molecule has 0 aliphatic heterocycles. The molecule has 0 aliphatic carbocycles. The molecule has 0 atom stereocenters. The van der Waals surface area contributed by atoms with Gasteiger partial charge in [0.05, 0.1) is 10.2 Å². The Morgan fingerprint density at radius 3 is 2.75 bits per heavy atom. The molecule has 0 amide bonds. The van der Waals surface area contributed by atoms with Crippen molar-refractivity contribution in [2.75, 3.05) is 0 Å². The van der Waals surface area contributed by atoms with E-state index in [1.54, 1.807) is 0 Å². The van der Waals surface area contributed by atoms with Gasteiger partial charge in [-0.1, -0.05) is 20.3 Å². The summed E-state index contributed by atoms with van der Waals surface area (Å²) in [5.74, 6) is 0. The number of hydrogen-bond acceptors (Lipinski definition) is 1. The predicted molar refractivity (Wildman–Crippen MR) is 53.0 cm³/mol. The van der Waals surface area contributed by atoms with Gasteiger partial charge >= 0.3 is 0 Å². The van der Waals surface area contributed by atoms with Crippen molar-refractivity contribution in [1.82, 2.24) is 9.78 Å². The Kier molecular flexibility index (Phi) is 3.79. The quantitative estimate of drug-likeness (QED) is 0.777. The van der Waals surface area contributed by atoms with Crippen molar-refractivity contribution in [3.63, 3.8) is 0 Å². The molecule has 1 heterocycles. The lowest BCUT2D eigenvalue weighted by Crippen LogP contribution is -1.98. The fourth-order valence-electron chi connectivity index (χ4n) is 1.03. The normalized spacial score (nSPS) is 10.6. The van der Waals surface area contributed by atoms with E-state index in [1.807, 2.05) is 4.68 Å². The van der Waals surface area contributed by atoms with Gasteiger partial charge in [0.25, 0.3) is 0 Å². The summed E-state index contributed by atoms with van der Waals surface area (Å²) in [4.78, 5) is 0. The van der Waals surface area contributed by atoms with E-state index in [2.05, 4.69) is 41.1 Å². The van der Waals surface area contributed by atoms with Crippen LogP contribution in [0.25, 0.3) is 0 Å². The van der Waals surface area contributed by atoms with E-state index in [4.69, 9.17) is 0 Å². The highest BCUT2D eigenvalue weighted by molar-refractivity contribution is 9.10. The number of unbranched alkanes of at least 4 members (excludes halogenated alkanes) is 1. The van der Waals surface area contributed by atoms with Gasteiger partial charge in [-0.15, -0.1) is 0 Å². The minimum absolute atomic E-state index is 0.968. The third kappa shape index (κ3) is 2.34. The number of aryl methyl sites for hydroxylation is 2. The summed E-state index contributed by atoms with van der Waals surface area (Å²) in [6.45, 7) is 5.26. The summed E-state index contributed by atoms with van der Waals surface area (Å²) >= 11 is 3.43. The Hall–Kier alpha value is -0.310. The van der Waals surface area contributed by atoms with Gasteiger partial charge in [0.2, 0.25) is 0 Å². The Morgan fingerprint density at radius 2 is 2.25 bits per heavy atom. The molecule has 0 aliphatic rings. The van der Waals surface area contributed by atoms with Crippen LogP contribution in [-0.2, 0) is 13.0 Å². The zero-order chi connectivity index (χ0) is 8.97. The molecule has 0 spiro atoms. The third-order valence-corrected chi connectivity index (χ3v) is 2.42. The van der Waals surface area contributed by atoms with Gasteiger partial charge < -0.3 is 0 Å². The Morgan fingerprint density at radius 1 is 1.50 bits per heavy atom. The van der Waals surface area contributed by atoms with Crippen LogP contribution >= 0.6 is 15.9 Å². The van der Waals surface area contributed by atoms with Crippen LogP contribution in [0.4, 0.5) is 0 Å². The maximum absolute atomic E-state index is 4.38. The number of aromatic nitrogens is 2. The maximum Gasteiger partial charge on any atom is 0.102 e. The highest BCUT2D eigenvalue weighted by atomic mass is 79.9. The van der Waals surface area contributed by atoms with Gasteiger partial charge in [-0.05, 0) is 28.8 Å². The molecule has 1 rings (SSSR count). The van der Waals surface area contributed by atoms with Gasteiger partial charge in [0.15, 0.2) is 0 Å². The summed E-state index contributed by atoms with van der Waals surface area (Å²) in [6, 6.07) is 0. The van der Waals surface area contributed by atoms with E-state index in [0.29, 0.717) is 0 Å². The molecule has 0 unspecified atom stereocenters. The van der Waals surface area contributed by atoms with Gasteiger partial charge in [0.1, 0.15) is 6.20 Å². The second kappa shape index (κ2) is 4.65. The number of halogens is 1. The average molecular weight is 230 g/mol. The lowest BCUT2D eigenvalue weighted by Gasteiger charge is -1.96. The average Bonchev–Trinajstić information content (AvgIpc) is 2.43. The maximum atomic E-state index is 4.38. The molecule has 0 N–H and O–H groups in total. The smallest absolute Gasteiger partial charge is 0.102 e. The van der Waals surface area contributed by atoms with Crippen molar-refractivity contribution in [3.05, 3.63) is 16.4 Å². The van der Waals surface area contributed by atoms with Gasteiger partial charge in [-0.25, -0.2) is 0 Å². The molecule has 1 radical (unpaired) electrons. The Balaban J connectivity index is 2.62. The van der Waals surface area contributed by atoms with Crippen molar-refractivity contribution < 1.29 is 0 Å². The summed E-state index contributed by atoms with van der Waals surface area (Å²) in [6.07, 6.45) is 6.50. The van der Waals surface area contributed by atoms with Crippen LogP contribution in [0.1, 0.15) is 32.4 Å². The lowest BCUT2D eigenvalue weighted by molar-refractivity contribution is 0.563. The van der Waals surface area contributed by atoms with Crippen LogP contribution in [0, 0.1) is 6.20 Å². The minimum atomic E-state index is 0.968. The van der Waals surface area contributed by atoms with Crippen LogP contribution in [0.3, 0.4) is 0 Å². The second-order valence-corrected chi connectivity index (χ2v) is 3.60. The van der Waals surface area contributed by atoms with Gasteiger partial charge in [-0.3, -0.25) is 4.68 Å². The monoisotopic (exact) mass is 229 g/mol. The highest BCUT2D eigenvalue weighted by Crippen LogP contribution is 2.14. The summed E-state index contributed by atoms with van der Waals surface area (Å²) < 4.78 is 2.91. The van der Waals surface area contributed by atoms with Crippen LogP contribution in [0.15, 0.2) is 4.47 Å². The minimum Gasteiger partial charge on any atom is -0.262 e. The van der Waals surface area contributed by atoms with E-state index in [1.165, 1.54) is 12.8 Å². The van der Waals surface area contributed by atoms with E-state index < -0.39 is 0 Å². The summed E-state index contributed by atoms with van der Waals surface area (Å²) in [5.41, 5.74) is 1.10. The Labute approximate surface area is 82.1 Å². The van der Waals surface area contributed by atoms with Crippen molar-refractivity contribution in [1.29, 1.82) is 0 Å². The molecule has 0 aromatic carbocycles. The first-order chi connectivity index (χ1) is 5.77. The highest BCUT2D eigenvalue weighted by Gasteiger charge is 2.03. The molecule has 0 bridgehead atoms. The molecule has 12 heavy (non-hydrogen) atoms. The largest absolute Gasteiger partial charge is 0.262 e. The Bertz CT molecular complexity index is 243. The van der Waals surface area contributed by atoms with Crippen LogP contribution < -0.4 is 0 Å². The van der Waals surface area contributed by atoms with Crippen molar-refractivity contribution in [3.8, 4) is 0 Å². The van der Waals surface area contributed by atoms with E-state index >= 15 is 0 Å². The predicted octanol–water partition coefficient (Wildman–Crippen LogP) is 2.81. The fraction of sp³-hybridized carbons (Fsp3) is 0.667.